The molecule has 1 aromatic heterocycles. The summed E-state index contributed by atoms with van der Waals surface area (Å²) in [6.07, 6.45) is 5.78. The number of hydrogen-bond acceptors (Lipinski definition) is 3. The summed E-state index contributed by atoms with van der Waals surface area (Å²) < 4.78 is 5.48. The summed E-state index contributed by atoms with van der Waals surface area (Å²) in [5, 5.41) is 0. The van der Waals surface area contributed by atoms with Gasteiger partial charge in [-0.1, -0.05) is 12.1 Å². The monoisotopic (exact) mass is 354 g/mol. The van der Waals surface area contributed by atoms with Crippen LogP contribution in [0.2, 0.25) is 0 Å². The van der Waals surface area contributed by atoms with Crippen molar-refractivity contribution in [2.75, 3.05) is 19.7 Å². The molecule has 2 aromatic rings. The van der Waals surface area contributed by atoms with Crippen LogP contribution in [0.1, 0.15) is 42.1 Å². The Balaban J connectivity index is 1.45. The minimum Gasteiger partial charge on any atom is -0.494 e. The van der Waals surface area contributed by atoms with Gasteiger partial charge in [0.2, 0.25) is 5.56 Å². The first-order chi connectivity index (χ1) is 12.7. The number of benzene rings is 1. The van der Waals surface area contributed by atoms with E-state index in [1.54, 1.807) is 6.07 Å². The number of aryl methyl sites for hydroxylation is 1. The molecule has 3 rings (SSSR count). The average molecular weight is 354 g/mol. The smallest absolute Gasteiger partial charge is 0.255 e. The predicted octanol–water partition coefficient (Wildman–Crippen LogP) is 3.26. The molecule has 1 fully saturated rings. The van der Waals surface area contributed by atoms with Crippen LogP contribution in [0.5, 0.6) is 5.75 Å². The zero-order valence-electron chi connectivity index (χ0n) is 15.2. The lowest BCUT2D eigenvalue weighted by atomic mass is 9.90. The van der Waals surface area contributed by atoms with Gasteiger partial charge in [0, 0.05) is 25.4 Å². The molecule has 1 aliphatic heterocycles. The Morgan fingerprint density at radius 3 is 2.50 bits per heavy atom. The normalized spacial score (nSPS) is 15.0. The van der Waals surface area contributed by atoms with Crippen molar-refractivity contribution >= 4 is 5.91 Å². The molecule has 138 valence electrons. The third-order valence-corrected chi connectivity index (χ3v) is 5.01. The SMILES string of the molecule is CCOc1ccc(CCC2CCN(C(=O)c3ccc(=O)[nH]c3)CC2)cc1. The number of pyridine rings is 1. The molecule has 0 bridgehead atoms. The van der Waals surface area contributed by atoms with Gasteiger partial charge < -0.3 is 14.6 Å². The number of piperidine rings is 1. The maximum atomic E-state index is 12.5. The molecule has 0 saturated carbocycles. The van der Waals surface area contributed by atoms with E-state index in [1.165, 1.54) is 17.8 Å². The molecule has 1 saturated heterocycles. The highest BCUT2D eigenvalue weighted by atomic mass is 16.5. The maximum absolute atomic E-state index is 12.5. The van der Waals surface area contributed by atoms with E-state index in [0.717, 1.165) is 44.5 Å². The van der Waals surface area contributed by atoms with Crippen molar-refractivity contribution in [2.24, 2.45) is 5.92 Å². The van der Waals surface area contributed by atoms with Crippen molar-refractivity contribution in [3.05, 3.63) is 64.1 Å². The topological polar surface area (TPSA) is 62.4 Å². The number of aromatic nitrogens is 1. The predicted molar refractivity (Wildman–Crippen MR) is 102 cm³/mol. The van der Waals surface area contributed by atoms with Crippen LogP contribution in [-0.2, 0) is 6.42 Å². The molecular weight excluding hydrogens is 328 g/mol. The van der Waals surface area contributed by atoms with Gasteiger partial charge in [0.15, 0.2) is 0 Å². The van der Waals surface area contributed by atoms with Crippen molar-refractivity contribution in [3.8, 4) is 5.75 Å². The summed E-state index contributed by atoms with van der Waals surface area (Å²) in [4.78, 5) is 28.0. The van der Waals surface area contributed by atoms with Crippen molar-refractivity contribution < 1.29 is 9.53 Å². The van der Waals surface area contributed by atoms with Crippen molar-refractivity contribution in [1.82, 2.24) is 9.88 Å². The van der Waals surface area contributed by atoms with Crippen LogP contribution in [-0.4, -0.2) is 35.5 Å². The molecule has 1 aliphatic rings. The fraction of sp³-hybridized carbons (Fsp3) is 0.429. The second kappa shape index (κ2) is 8.70. The minimum atomic E-state index is -0.186. The van der Waals surface area contributed by atoms with Gasteiger partial charge in [-0.25, -0.2) is 0 Å². The number of hydrogen-bond donors (Lipinski definition) is 1. The number of nitrogens with zero attached hydrogens (tertiary/aromatic N) is 1. The first-order valence-corrected chi connectivity index (χ1v) is 9.35. The molecule has 26 heavy (non-hydrogen) atoms. The Hall–Kier alpha value is -2.56. The largest absolute Gasteiger partial charge is 0.494 e. The second-order valence-electron chi connectivity index (χ2n) is 6.79. The molecule has 5 nitrogen and oxygen atoms in total. The van der Waals surface area contributed by atoms with Crippen LogP contribution < -0.4 is 10.3 Å². The van der Waals surface area contributed by atoms with Gasteiger partial charge in [-0.2, -0.15) is 0 Å². The molecule has 0 aliphatic carbocycles. The number of rotatable bonds is 6. The molecule has 1 N–H and O–H groups in total. The number of aromatic amines is 1. The fourth-order valence-corrected chi connectivity index (χ4v) is 3.44. The first-order valence-electron chi connectivity index (χ1n) is 9.35. The number of carbonyl (C=O) groups is 1. The Bertz CT molecular complexity index is 754. The number of ether oxygens (including phenoxy) is 1. The van der Waals surface area contributed by atoms with Crippen LogP contribution >= 0.6 is 0 Å². The van der Waals surface area contributed by atoms with Gasteiger partial charge >= 0.3 is 0 Å². The first kappa shape index (κ1) is 18.2. The molecule has 0 unspecified atom stereocenters. The number of likely N-dealkylation sites (tertiary alicyclic amines) is 1. The van der Waals surface area contributed by atoms with Gasteiger partial charge in [-0.3, -0.25) is 9.59 Å². The van der Waals surface area contributed by atoms with E-state index in [-0.39, 0.29) is 11.5 Å². The van der Waals surface area contributed by atoms with Gasteiger partial charge in [-0.05, 0) is 62.3 Å². The minimum absolute atomic E-state index is 0.00575. The molecule has 0 spiro atoms. The summed E-state index contributed by atoms with van der Waals surface area (Å²) in [6, 6.07) is 11.3. The number of carbonyl (C=O) groups excluding carboxylic acids is 1. The van der Waals surface area contributed by atoms with Crippen LogP contribution in [0.3, 0.4) is 0 Å². The van der Waals surface area contributed by atoms with E-state index < -0.39 is 0 Å². The summed E-state index contributed by atoms with van der Waals surface area (Å²) in [6.45, 7) is 4.25. The van der Waals surface area contributed by atoms with Crippen LogP contribution in [0.4, 0.5) is 0 Å². The highest BCUT2D eigenvalue weighted by molar-refractivity contribution is 5.93. The lowest BCUT2D eigenvalue weighted by molar-refractivity contribution is 0.0686. The van der Waals surface area contributed by atoms with E-state index in [0.29, 0.717) is 18.1 Å². The van der Waals surface area contributed by atoms with Gasteiger partial charge in [0.05, 0.1) is 12.2 Å². The van der Waals surface area contributed by atoms with E-state index >= 15 is 0 Å². The molecule has 1 aromatic carbocycles. The molecule has 0 radical (unpaired) electrons. The summed E-state index contributed by atoms with van der Waals surface area (Å²) in [5.41, 5.74) is 1.70. The quantitative estimate of drug-likeness (QED) is 0.866. The number of nitrogens with one attached hydrogen (secondary N) is 1. The summed E-state index contributed by atoms with van der Waals surface area (Å²) in [5.74, 6) is 1.58. The third kappa shape index (κ3) is 4.75. The Kier molecular flexibility index (Phi) is 6.10. The molecule has 1 amide bonds. The number of amides is 1. The van der Waals surface area contributed by atoms with E-state index in [9.17, 15) is 9.59 Å². The van der Waals surface area contributed by atoms with E-state index in [1.807, 2.05) is 24.0 Å². The van der Waals surface area contributed by atoms with Crippen molar-refractivity contribution in [2.45, 2.75) is 32.6 Å². The lowest BCUT2D eigenvalue weighted by Crippen LogP contribution is -2.38. The van der Waals surface area contributed by atoms with Crippen molar-refractivity contribution in [3.63, 3.8) is 0 Å². The van der Waals surface area contributed by atoms with Crippen LogP contribution in [0.15, 0.2) is 47.4 Å². The van der Waals surface area contributed by atoms with Crippen LogP contribution in [0, 0.1) is 5.92 Å². The third-order valence-electron chi connectivity index (χ3n) is 5.01. The van der Waals surface area contributed by atoms with Crippen LogP contribution in [0.25, 0.3) is 0 Å². The highest BCUT2D eigenvalue weighted by Gasteiger charge is 2.23. The standard InChI is InChI=1S/C21H26N2O3/c1-2-26-19-8-5-16(6-9-19)3-4-17-11-13-23(14-12-17)21(25)18-7-10-20(24)22-15-18/h5-10,15,17H,2-4,11-14H2,1H3,(H,22,24). The van der Waals surface area contributed by atoms with Gasteiger partial charge in [0.25, 0.3) is 5.91 Å². The summed E-state index contributed by atoms with van der Waals surface area (Å²) >= 11 is 0. The van der Waals surface area contributed by atoms with Gasteiger partial charge in [-0.15, -0.1) is 0 Å². The molecular formula is C21H26N2O3. The molecule has 0 atom stereocenters. The second-order valence-corrected chi connectivity index (χ2v) is 6.79. The zero-order valence-corrected chi connectivity index (χ0v) is 15.2. The number of H-pyrrole nitrogens is 1. The van der Waals surface area contributed by atoms with E-state index in [4.69, 9.17) is 4.74 Å². The molecule has 5 heteroatoms. The zero-order chi connectivity index (χ0) is 18.4. The maximum Gasteiger partial charge on any atom is 0.255 e. The average Bonchev–Trinajstić information content (AvgIpc) is 2.68. The Morgan fingerprint density at radius 2 is 1.88 bits per heavy atom. The van der Waals surface area contributed by atoms with Gasteiger partial charge in [0.1, 0.15) is 5.75 Å². The van der Waals surface area contributed by atoms with Crippen molar-refractivity contribution in [1.29, 1.82) is 0 Å². The Labute approximate surface area is 154 Å². The lowest BCUT2D eigenvalue weighted by Gasteiger charge is -2.32. The summed E-state index contributed by atoms with van der Waals surface area (Å²) in [7, 11) is 0. The Morgan fingerprint density at radius 1 is 1.15 bits per heavy atom. The van der Waals surface area contributed by atoms with E-state index in [2.05, 4.69) is 17.1 Å². The molecule has 2 heterocycles. The highest BCUT2D eigenvalue weighted by Crippen LogP contribution is 2.24. The fourth-order valence-electron chi connectivity index (χ4n) is 3.44.